The fourth-order valence-corrected chi connectivity index (χ4v) is 4.12. The van der Waals surface area contributed by atoms with Crippen LogP contribution < -0.4 is 0 Å². The van der Waals surface area contributed by atoms with Crippen LogP contribution in [0.5, 0.6) is 0 Å². The maximum Gasteiger partial charge on any atom is 0.309 e. The molecule has 0 N–H and O–H groups in total. The van der Waals surface area contributed by atoms with E-state index in [1.165, 1.54) is 6.92 Å². The van der Waals surface area contributed by atoms with Crippen molar-refractivity contribution in [1.82, 2.24) is 0 Å². The highest BCUT2D eigenvalue weighted by molar-refractivity contribution is 6.09. The van der Waals surface area contributed by atoms with Crippen molar-refractivity contribution in [2.75, 3.05) is 0 Å². The average Bonchev–Trinajstić information content (AvgIpc) is 2.81. The number of allylic oxidation sites excluding steroid dienone is 1. The molecule has 0 aromatic carbocycles. The molecule has 1 heterocycles. The molecule has 5 atom stereocenters. The SMILES string of the molecule is CC(=O)O[C@@H]1CC(C)=C2C(=O)C=C(C)[C@H]2[C@@H]2OC(=O)[C@H](C)[C@H]21. The fourth-order valence-electron chi connectivity index (χ4n) is 4.12. The van der Waals surface area contributed by atoms with E-state index >= 15 is 0 Å². The van der Waals surface area contributed by atoms with E-state index in [2.05, 4.69) is 0 Å². The lowest BCUT2D eigenvalue weighted by molar-refractivity contribution is -0.150. The lowest BCUT2D eigenvalue weighted by Crippen LogP contribution is -2.37. The molecule has 2 aliphatic carbocycles. The molecule has 0 radical (unpaired) electrons. The van der Waals surface area contributed by atoms with Gasteiger partial charge < -0.3 is 9.47 Å². The topological polar surface area (TPSA) is 69.7 Å². The molecule has 0 bridgehead atoms. The number of carbonyl (C=O) groups is 3. The molecule has 1 saturated heterocycles. The van der Waals surface area contributed by atoms with Gasteiger partial charge in [0.25, 0.3) is 0 Å². The van der Waals surface area contributed by atoms with Gasteiger partial charge in [0.15, 0.2) is 5.78 Å². The third-order valence-electron chi connectivity index (χ3n) is 5.05. The van der Waals surface area contributed by atoms with Crippen molar-refractivity contribution in [2.24, 2.45) is 17.8 Å². The van der Waals surface area contributed by atoms with Crippen LogP contribution in [0.15, 0.2) is 22.8 Å². The highest BCUT2D eigenvalue weighted by Crippen LogP contribution is 2.48. The molecule has 5 nitrogen and oxygen atoms in total. The number of ether oxygens (including phenoxy) is 2. The lowest BCUT2D eigenvalue weighted by atomic mass is 9.79. The summed E-state index contributed by atoms with van der Waals surface area (Å²) in [6.45, 7) is 6.96. The van der Waals surface area contributed by atoms with Gasteiger partial charge in [0.05, 0.1) is 5.92 Å². The van der Waals surface area contributed by atoms with Crippen molar-refractivity contribution in [3.8, 4) is 0 Å². The van der Waals surface area contributed by atoms with Crippen LogP contribution in [0.25, 0.3) is 0 Å². The first-order chi connectivity index (χ1) is 10.3. The highest BCUT2D eigenvalue weighted by atomic mass is 16.6. The second-order valence-corrected chi connectivity index (χ2v) is 6.54. The molecular weight excluding hydrogens is 284 g/mol. The van der Waals surface area contributed by atoms with Gasteiger partial charge in [-0.3, -0.25) is 14.4 Å². The van der Waals surface area contributed by atoms with E-state index in [0.29, 0.717) is 12.0 Å². The third kappa shape index (κ3) is 2.11. The van der Waals surface area contributed by atoms with E-state index in [1.807, 2.05) is 13.8 Å². The Morgan fingerprint density at radius 2 is 2.00 bits per heavy atom. The van der Waals surface area contributed by atoms with E-state index in [-0.39, 0.29) is 35.5 Å². The highest BCUT2D eigenvalue weighted by Gasteiger charge is 2.55. The number of fused-ring (bicyclic) bond motifs is 3. The van der Waals surface area contributed by atoms with E-state index < -0.39 is 12.2 Å². The average molecular weight is 304 g/mol. The first kappa shape index (κ1) is 15.0. The Kier molecular flexibility index (Phi) is 3.46. The van der Waals surface area contributed by atoms with Crippen molar-refractivity contribution >= 4 is 17.7 Å². The molecule has 22 heavy (non-hydrogen) atoms. The number of hydrogen-bond acceptors (Lipinski definition) is 5. The summed E-state index contributed by atoms with van der Waals surface area (Å²) in [7, 11) is 0. The summed E-state index contributed by atoms with van der Waals surface area (Å²) >= 11 is 0. The van der Waals surface area contributed by atoms with Crippen LogP contribution in [-0.2, 0) is 23.9 Å². The monoisotopic (exact) mass is 304 g/mol. The molecule has 0 aromatic heterocycles. The number of esters is 2. The zero-order chi connectivity index (χ0) is 16.2. The summed E-state index contributed by atoms with van der Waals surface area (Å²) in [5.41, 5.74) is 2.55. The van der Waals surface area contributed by atoms with E-state index in [9.17, 15) is 14.4 Å². The molecule has 1 aliphatic heterocycles. The van der Waals surface area contributed by atoms with E-state index in [0.717, 1.165) is 11.1 Å². The van der Waals surface area contributed by atoms with Gasteiger partial charge in [-0.15, -0.1) is 0 Å². The van der Waals surface area contributed by atoms with Crippen LogP contribution in [0.4, 0.5) is 0 Å². The number of ketones is 1. The first-order valence-electron chi connectivity index (χ1n) is 7.61. The predicted octanol–water partition coefficient (Wildman–Crippen LogP) is 1.96. The van der Waals surface area contributed by atoms with E-state index in [4.69, 9.17) is 9.47 Å². The minimum atomic E-state index is -0.429. The zero-order valence-electron chi connectivity index (χ0n) is 13.2. The van der Waals surface area contributed by atoms with Crippen molar-refractivity contribution < 1.29 is 23.9 Å². The minimum Gasteiger partial charge on any atom is -0.462 e. The molecule has 5 heteroatoms. The van der Waals surface area contributed by atoms with Crippen molar-refractivity contribution in [3.05, 3.63) is 22.8 Å². The fraction of sp³-hybridized carbons (Fsp3) is 0.588. The molecule has 3 aliphatic rings. The quantitative estimate of drug-likeness (QED) is 0.693. The molecule has 1 fully saturated rings. The summed E-state index contributed by atoms with van der Waals surface area (Å²) in [4.78, 5) is 35.8. The third-order valence-corrected chi connectivity index (χ3v) is 5.05. The van der Waals surface area contributed by atoms with Gasteiger partial charge in [0.1, 0.15) is 12.2 Å². The summed E-state index contributed by atoms with van der Waals surface area (Å²) < 4.78 is 11.1. The smallest absolute Gasteiger partial charge is 0.309 e. The van der Waals surface area contributed by atoms with Crippen molar-refractivity contribution in [3.63, 3.8) is 0 Å². The van der Waals surface area contributed by atoms with Gasteiger partial charge in [-0.05, 0) is 19.9 Å². The Bertz CT molecular complexity index is 627. The number of hydrogen-bond donors (Lipinski definition) is 0. The van der Waals surface area contributed by atoms with Crippen LogP contribution in [0, 0.1) is 17.8 Å². The van der Waals surface area contributed by atoms with Gasteiger partial charge >= 0.3 is 11.9 Å². The largest absolute Gasteiger partial charge is 0.462 e. The molecule has 0 spiro atoms. The number of rotatable bonds is 1. The summed E-state index contributed by atoms with van der Waals surface area (Å²) in [5.74, 6) is -1.44. The molecule has 3 rings (SSSR count). The number of carbonyl (C=O) groups excluding carboxylic acids is 3. The van der Waals surface area contributed by atoms with Gasteiger partial charge in [-0.2, -0.15) is 0 Å². The first-order valence-corrected chi connectivity index (χ1v) is 7.61. The Morgan fingerprint density at radius 3 is 2.64 bits per heavy atom. The summed E-state index contributed by atoms with van der Waals surface area (Å²) in [6.07, 6.45) is 1.24. The Labute approximate surface area is 129 Å². The van der Waals surface area contributed by atoms with Crippen LogP contribution in [0.2, 0.25) is 0 Å². The van der Waals surface area contributed by atoms with Gasteiger partial charge in [0.2, 0.25) is 0 Å². The van der Waals surface area contributed by atoms with Gasteiger partial charge in [-0.25, -0.2) is 0 Å². The molecule has 118 valence electrons. The summed E-state index contributed by atoms with van der Waals surface area (Å²) in [5, 5.41) is 0. The second kappa shape index (κ2) is 5.07. The van der Waals surface area contributed by atoms with Crippen LogP contribution in [0.3, 0.4) is 0 Å². The maximum atomic E-state index is 12.3. The predicted molar refractivity (Wildman–Crippen MR) is 77.7 cm³/mol. The van der Waals surface area contributed by atoms with Gasteiger partial charge in [0, 0.05) is 30.8 Å². The Hall–Kier alpha value is -1.91. The molecule has 0 saturated carbocycles. The standard InChI is InChI=1S/C17H20O5/c1-7-5-11(19)13-8(2)6-12(21-10(4)18)15-9(3)17(20)22-16(15)14(7)13/h5,9,12,14-16H,6H2,1-4H3/t9-,12-,14-,15+,16+/m1/s1. The van der Waals surface area contributed by atoms with Crippen LogP contribution in [0.1, 0.15) is 34.1 Å². The zero-order valence-corrected chi connectivity index (χ0v) is 13.2. The summed E-state index contributed by atoms with van der Waals surface area (Å²) in [6, 6.07) is 0. The molecule has 0 amide bonds. The lowest BCUT2D eigenvalue weighted by Gasteiger charge is -2.29. The normalized spacial score (nSPS) is 37.3. The van der Waals surface area contributed by atoms with E-state index in [1.54, 1.807) is 13.0 Å². The van der Waals surface area contributed by atoms with Crippen molar-refractivity contribution in [1.29, 1.82) is 0 Å². The van der Waals surface area contributed by atoms with Crippen LogP contribution in [-0.4, -0.2) is 29.9 Å². The maximum absolute atomic E-state index is 12.3. The molecule has 0 unspecified atom stereocenters. The second-order valence-electron chi connectivity index (χ2n) is 6.54. The Morgan fingerprint density at radius 1 is 1.32 bits per heavy atom. The minimum absolute atomic E-state index is 0.0159. The molecular formula is C17H20O5. The van der Waals surface area contributed by atoms with Crippen molar-refractivity contribution in [2.45, 2.75) is 46.3 Å². The molecule has 0 aromatic rings. The van der Waals surface area contributed by atoms with Crippen LogP contribution >= 0.6 is 0 Å². The van der Waals surface area contributed by atoms with Gasteiger partial charge in [-0.1, -0.05) is 18.1 Å². The Balaban J connectivity index is 2.08.